The molecule has 15 heavy (non-hydrogen) atoms. The number of terminal acetylenes is 1. The lowest BCUT2D eigenvalue weighted by Crippen LogP contribution is -2.27. The lowest BCUT2D eigenvalue weighted by atomic mass is 10.2. The van der Waals surface area contributed by atoms with Crippen LogP contribution in [-0.2, 0) is 4.79 Å². The Morgan fingerprint density at radius 1 is 1.40 bits per heavy atom. The molecular weight excluding hydrogens is 188 g/mol. The molecule has 0 aromatic heterocycles. The van der Waals surface area contributed by atoms with Gasteiger partial charge in [-0.1, -0.05) is 5.92 Å². The van der Waals surface area contributed by atoms with Crippen molar-refractivity contribution < 1.29 is 4.79 Å². The van der Waals surface area contributed by atoms with E-state index in [0.717, 1.165) is 11.3 Å². The number of carbonyl (C=O) groups excluding carboxylic acids is 1. The molecule has 1 heterocycles. The standard InChI is InChI=1S/C12H12N2O/c1-2-9-3-5-11(6-4-9)14-8-10(13)7-12(14)15/h1,3-6,10H,7-8,13H2. The maximum Gasteiger partial charge on any atom is 0.228 e. The predicted octanol–water partition coefficient (Wildman–Crippen LogP) is 0.732. The Bertz CT molecular complexity index is 416. The average molecular weight is 200 g/mol. The monoisotopic (exact) mass is 200 g/mol. The zero-order valence-electron chi connectivity index (χ0n) is 8.31. The third-order valence-electron chi connectivity index (χ3n) is 2.50. The topological polar surface area (TPSA) is 46.3 Å². The first-order valence-corrected chi connectivity index (χ1v) is 4.83. The van der Waals surface area contributed by atoms with Gasteiger partial charge in [-0.3, -0.25) is 4.79 Å². The van der Waals surface area contributed by atoms with E-state index < -0.39 is 0 Å². The molecule has 0 spiro atoms. The van der Waals surface area contributed by atoms with E-state index in [4.69, 9.17) is 12.2 Å². The molecule has 0 radical (unpaired) electrons. The van der Waals surface area contributed by atoms with Crippen molar-refractivity contribution in [3.05, 3.63) is 29.8 Å². The molecule has 2 N–H and O–H groups in total. The van der Waals surface area contributed by atoms with Crippen LogP contribution in [0.3, 0.4) is 0 Å². The van der Waals surface area contributed by atoms with E-state index in [-0.39, 0.29) is 11.9 Å². The van der Waals surface area contributed by atoms with E-state index in [9.17, 15) is 4.79 Å². The molecule has 1 atom stereocenters. The molecule has 0 aliphatic carbocycles. The fourth-order valence-corrected chi connectivity index (χ4v) is 1.72. The van der Waals surface area contributed by atoms with Crippen LogP contribution < -0.4 is 10.6 Å². The highest BCUT2D eigenvalue weighted by molar-refractivity contribution is 5.96. The Balaban J connectivity index is 2.23. The van der Waals surface area contributed by atoms with Crippen molar-refractivity contribution in [2.45, 2.75) is 12.5 Å². The summed E-state index contributed by atoms with van der Waals surface area (Å²) in [5, 5.41) is 0. The average Bonchev–Trinajstić information content (AvgIpc) is 2.58. The predicted molar refractivity (Wildman–Crippen MR) is 59.3 cm³/mol. The zero-order valence-corrected chi connectivity index (χ0v) is 8.31. The van der Waals surface area contributed by atoms with Crippen LogP contribution in [0.1, 0.15) is 12.0 Å². The van der Waals surface area contributed by atoms with Crippen molar-refractivity contribution in [2.75, 3.05) is 11.4 Å². The summed E-state index contributed by atoms with van der Waals surface area (Å²) in [5.41, 5.74) is 7.40. The van der Waals surface area contributed by atoms with E-state index in [2.05, 4.69) is 5.92 Å². The van der Waals surface area contributed by atoms with Gasteiger partial charge >= 0.3 is 0 Å². The fraction of sp³-hybridized carbons (Fsp3) is 0.250. The van der Waals surface area contributed by atoms with Gasteiger partial charge in [-0.05, 0) is 24.3 Å². The minimum atomic E-state index is -0.0511. The van der Waals surface area contributed by atoms with Crippen LogP contribution in [-0.4, -0.2) is 18.5 Å². The number of nitrogens with two attached hydrogens (primary N) is 1. The first kappa shape index (κ1) is 9.75. The minimum absolute atomic E-state index is 0.0511. The molecule has 3 heteroatoms. The number of benzene rings is 1. The quantitative estimate of drug-likeness (QED) is 0.679. The van der Waals surface area contributed by atoms with Gasteiger partial charge in [0.25, 0.3) is 0 Å². The highest BCUT2D eigenvalue weighted by Crippen LogP contribution is 2.20. The first-order chi connectivity index (χ1) is 7.20. The van der Waals surface area contributed by atoms with Crippen LogP contribution in [0.4, 0.5) is 5.69 Å². The second kappa shape index (κ2) is 3.76. The largest absolute Gasteiger partial charge is 0.326 e. The number of amides is 1. The van der Waals surface area contributed by atoms with Crippen LogP contribution in [0.5, 0.6) is 0 Å². The smallest absolute Gasteiger partial charge is 0.228 e. The Labute approximate surface area is 88.9 Å². The summed E-state index contributed by atoms with van der Waals surface area (Å²) in [4.78, 5) is 13.2. The molecule has 2 rings (SSSR count). The number of anilines is 1. The van der Waals surface area contributed by atoms with Gasteiger partial charge in [0.1, 0.15) is 0 Å². The number of nitrogens with zero attached hydrogens (tertiary/aromatic N) is 1. The van der Waals surface area contributed by atoms with Crippen LogP contribution in [0.15, 0.2) is 24.3 Å². The SMILES string of the molecule is C#Cc1ccc(N2CC(N)CC2=O)cc1. The third kappa shape index (κ3) is 1.85. The van der Waals surface area contributed by atoms with Gasteiger partial charge in [0.15, 0.2) is 0 Å². The Kier molecular flexibility index (Phi) is 2.44. The van der Waals surface area contributed by atoms with Crippen LogP contribution >= 0.6 is 0 Å². The molecule has 1 aromatic carbocycles. The van der Waals surface area contributed by atoms with Gasteiger partial charge in [0.05, 0.1) is 0 Å². The fourth-order valence-electron chi connectivity index (χ4n) is 1.72. The molecule has 1 fully saturated rings. The lowest BCUT2D eigenvalue weighted by molar-refractivity contribution is -0.117. The van der Waals surface area contributed by atoms with Crippen molar-refractivity contribution in [1.82, 2.24) is 0 Å². The summed E-state index contributed by atoms with van der Waals surface area (Å²) in [7, 11) is 0. The van der Waals surface area contributed by atoms with Gasteiger partial charge in [0, 0.05) is 30.3 Å². The highest BCUT2D eigenvalue weighted by atomic mass is 16.2. The maximum atomic E-state index is 11.5. The second-order valence-electron chi connectivity index (χ2n) is 3.66. The second-order valence-corrected chi connectivity index (χ2v) is 3.66. The molecule has 0 saturated carbocycles. The van der Waals surface area contributed by atoms with Crippen LogP contribution in [0.25, 0.3) is 0 Å². The van der Waals surface area contributed by atoms with Gasteiger partial charge in [-0.2, -0.15) is 0 Å². The first-order valence-electron chi connectivity index (χ1n) is 4.83. The number of carbonyl (C=O) groups is 1. The van der Waals surface area contributed by atoms with E-state index in [1.54, 1.807) is 4.90 Å². The lowest BCUT2D eigenvalue weighted by Gasteiger charge is -2.15. The molecule has 1 aliphatic rings. The van der Waals surface area contributed by atoms with Gasteiger partial charge in [-0.25, -0.2) is 0 Å². The number of hydrogen-bond acceptors (Lipinski definition) is 2. The Morgan fingerprint density at radius 2 is 2.07 bits per heavy atom. The maximum absolute atomic E-state index is 11.5. The third-order valence-corrected chi connectivity index (χ3v) is 2.50. The minimum Gasteiger partial charge on any atom is -0.326 e. The number of rotatable bonds is 1. The van der Waals surface area contributed by atoms with Crippen molar-refractivity contribution in [1.29, 1.82) is 0 Å². The van der Waals surface area contributed by atoms with Crippen molar-refractivity contribution in [2.24, 2.45) is 5.73 Å². The van der Waals surface area contributed by atoms with Gasteiger partial charge in [-0.15, -0.1) is 6.42 Å². The molecule has 0 bridgehead atoms. The number of hydrogen-bond donors (Lipinski definition) is 1. The zero-order chi connectivity index (χ0) is 10.8. The Morgan fingerprint density at radius 3 is 2.53 bits per heavy atom. The molecule has 1 unspecified atom stereocenters. The molecule has 3 nitrogen and oxygen atoms in total. The highest BCUT2D eigenvalue weighted by Gasteiger charge is 2.27. The van der Waals surface area contributed by atoms with Gasteiger partial charge < -0.3 is 10.6 Å². The van der Waals surface area contributed by atoms with Crippen LogP contribution in [0, 0.1) is 12.3 Å². The van der Waals surface area contributed by atoms with E-state index in [0.29, 0.717) is 13.0 Å². The summed E-state index contributed by atoms with van der Waals surface area (Å²) < 4.78 is 0. The normalized spacial score (nSPS) is 20.4. The van der Waals surface area contributed by atoms with E-state index in [1.165, 1.54) is 0 Å². The molecule has 1 saturated heterocycles. The molecule has 1 aromatic rings. The van der Waals surface area contributed by atoms with Crippen molar-refractivity contribution in [3.8, 4) is 12.3 Å². The summed E-state index contributed by atoms with van der Waals surface area (Å²) in [6.45, 7) is 0.592. The van der Waals surface area contributed by atoms with Gasteiger partial charge in [0.2, 0.25) is 5.91 Å². The van der Waals surface area contributed by atoms with E-state index in [1.807, 2.05) is 24.3 Å². The molecule has 1 amide bonds. The summed E-state index contributed by atoms with van der Waals surface area (Å²) in [6.07, 6.45) is 5.68. The molecule has 76 valence electrons. The molecule has 1 aliphatic heterocycles. The summed E-state index contributed by atoms with van der Waals surface area (Å²) in [5.74, 6) is 2.62. The Hall–Kier alpha value is -1.79. The molecular formula is C12H12N2O. The van der Waals surface area contributed by atoms with E-state index >= 15 is 0 Å². The summed E-state index contributed by atoms with van der Waals surface area (Å²) >= 11 is 0. The van der Waals surface area contributed by atoms with Crippen molar-refractivity contribution >= 4 is 11.6 Å². The van der Waals surface area contributed by atoms with Crippen molar-refractivity contribution in [3.63, 3.8) is 0 Å². The van der Waals surface area contributed by atoms with Crippen LogP contribution in [0.2, 0.25) is 0 Å². The summed E-state index contributed by atoms with van der Waals surface area (Å²) in [6, 6.07) is 7.31.